The number of methoxy groups -OCH3 is 1. The maximum absolute atomic E-state index is 12.8. The number of hydrogen-bond donors (Lipinski definition) is 0. The predicted octanol–water partition coefficient (Wildman–Crippen LogP) is 5.74. The van der Waals surface area contributed by atoms with E-state index in [1.165, 1.54) is 25.3 Å². The highest BCUT2D eigenvalue weighted by atomic mass is 35.5. The second-order valence-corrected chi connectivity index (χ2v) is 5.23. The van der Waals surface area contributed by atoms with E-state index in [-0.39, 0.29) is 26.5 Å². The van der Waals surface area contributed by atoms with Gasteiger partial charge in [0.2, 0.25) is 5.88 Å². The first-order valence-electron chi connectivity index (χ1n) is 5.50. The number of hydrogen-bond acceptors (Lipinski definition) is 2. The molecular weight excluding hydrogens is 350 g/mol. The van der Waals surface area contributed by atoms with E-state index in [0.29, 0.717) is 5.56 Å². The number of halogens is 6. The largest absolute Gasteiger partial charge is 0.481 e. The fourth-order valence-electron chi connectivity index (χ4n) is 1.64. The monoisotopic (exact) mass is 355 g/mol. The van der Waals surface area contributed by atoms with Crippen molar-refractivity contribution in [1.82, 2.24) is 4.98 Å². The van der Waals surface area contributed by atoms with Crippen molar-refractivity contribution in [2.24, 2.45) is 0 Å². The van der Waals surface area contributed by atoms with Gasteiger partial charge in [0.25, 0.3) is 0 Å². The van der Waals surface area contributed by atoms with E-state index in [9.17, 15) is 13.2 Å². The molecule has 0 unspecified atom stereocenters. The lowest BCUT2D eigenvalue weighted by Gasteiger charge is -2.11. The van der Waals surface area contributed by atoms with Crippen LogP contribution in [0.1, 0.15) is 5.69 Å². The molecule has 2 nitrogen and oxygen atoms in total. The van der Waals surface area contributed by atoms with E-state index in [0.717, 1.165) is 6.07 Å². The third-order valence-electron chi connectivity index (χ3n) is 2.62. The molecule has 0 aliphatic carbocycles. The van der Waals surface area contributed by atoms with Crippen molar-refractivity contribution in [2.45, 2.75) is 6.18 Å². The first kappa shape index (κ1) is 16.2. The SMILES string of the molecule is COc1cc(-c2cc(Cl)c(Cl)c(Cl)c2)cc(C(F)(F)F)n1. The molecule has 21 heavy (non-hydrogen) atoms. The van der Waals surface area contributed by atoms with E-state index < -0.39 is 11.9 Å². The van der Waals surface area contributed by atoms with E-state index in [1.807, 2.05) is 0 Å². The summed E-state index contributed by atoms with van der Waals surface area (Å²) in [5.74, 6) is -0.165. The number of benzene rings is 1. The van der Waals surface area contributed by atoms with Gasteiger partial charge in [0.05, 0.1) is 22.2 Å². The summed E-state index contributed by atoms with van der Waals surface area (Å²) in [5.41, 5.74) is -0.478. The highest BCUT2D eigenvalue weighted by Gasteiger charge is 2.33. The van der Waals surface area contributed by atoms with Crippen LogP contribution in [0.25, 0.3) is 11.1 Å². The van der Waals surface area contributed by atoms with Gasteiger partial charge in [0.1, 0.15) is 5.69 Å². The van der Waals surface area contributed by atoms with E-state index in [4.69, 9.17) is 39.5 Å². The second-order valence-electron chi connectivity index (χ2n) is 4.04. The number of alkyl halides is 3. The molecule has 1 aromatic heterocycles. The molecule has 0 saturated carbocycles. The van der Waals surface area contributed by atoms with Crippen LogP contribution in [0.2, 0.25) is 15.1 Å². The van der Waals surface area contributed by atoms with Gasteiger partial charge in [-0.2, -0.15) is 13.2 Å². The minimum absolute atomic E-state index is 0.138. The Hall–Kier alpha value is -1.17. The Kier molecular flexibility index (Phi) is 4.56. The standard InChI is InChI=1S/C13H7Cl3F3NO/c1-21-11-5-7(4-10(20-11)13(17,18)19)6-2-8(14)12(16)9(15)3-6/h2-5H,1H3. The Labute approximate surface area is 133 Å². The molecular formula is C13H7Cl3F3NO. The van der Waals surface area contributed by atoms with Gasteiger partial charge in [-0.1, -0.05) is 34.8 Å². The third-order valence-corrected chi connectivity index (χ3v) is 3.82. The van der Waals surface area contributed by atoms with Gasteiger partial charge >= 0.3 is 6.18 Å². The van der Waals surface area contributed by atoms with Gasteiger partial charge < -0.3 is 4.74 Å². The summed E-state index contributed by atoms with van der Waals surface area (Å²) in [4.78, 5) is 3.37. The van der Waals surface area contributed by atoms with Crippen molar-refractivity contribution in [2.75, 3.05) is 7.11 Å². The molecule has 8 heteroatoms. The van der Waals surface area contributed by atoms with Gasteiger partial charge in [0.15, 0.2) is 0 Å². The zero-order chi connectivity index (χ0) is 15.8. The average molecular weight is 357 g/mol. The highest BCUT2D eigenvalue weighted by Crippen LogP contribution is 2.38. The summed E-state index contributed by atoms with van der Waals surface area (Å²) in [6, 6.07) is 5.08. The molecule has 0 saturated heterocycles. The van der Waals surface area contributed by atoms with E-state index in [2.05, 4.69) is 4.98 Å². The van der Waals surface area contributed by atoms with Gasteiger partial charge in [-0.05, 0) is 29.3 Å². The molecule has 1 aromatic carbocycles. The van der Waals surface area contributed by atoms with Gasteiger partial charge in [-0.15, -0.1) is 0 Å². The van der Waals surface area contributed by atoms with Crippen LogP contribution in [-0.4, -0.2) is 12.1 Å². The van der Waals surface area contributed by atoms with Crippen LogP contribution in [0.4, 0.5) is 13.2 Å². The first-order chi connectivity index (χ1) is 9.72. The van der Waals surface area contributed by atoms with Crippen LogP contribution in [-0.2, 0) is 6.18 Å². The maximum Gasteiger partial charge on any atom is 0.433 e. The van der Waals surface area contributed by atoms with Gasteiger partial charge in [-0.3, -0.25) is 0 Å². The van der Waals surface area contributed by atoms with Crippen molar-refractivity contribution in [3.63, 3.8) is 0 Å². The van der Waals surface area contributed by atoms with Crippen molar-refractivity contribution in [3.05, 3.63) is 45.0 Å². The zero-order valence-electron chi connectivity index (χ0n) is 10.4. The number of nitrogens with zero attached hydrogens (tertiary/aromatic N) is 1. The van der Waals surface area contributed by atoms with Crippen LogP contribution in [0, 0.1) is 0 Å². The Morgan fingerprint density at radius 2 is 1.48 bits per heavy atom. The van der Waals surface area contributed by atoms with Crippen LogP contribution in [0.3, 0.4) is 0 Å². The summed E-state index contributed by atoms with van der Waals surface area (Å²) < 4.78 is 43.3. The molecule has 1 heterocycles. The Morgan fingerprint density at radius 1 is 0.952 bits per heavy atom. The van der Waals surface area contributed by atoms with Gasteiger partial charge in [-0.25, -0.2) is 4.98 Å². The fraction of sp³-hybridized carbons (Fsp3) is 0.154. The van der Waals surface area contributed by atoms with Crippen molar-refractivity contribution in [1.29, 1.82) is 0 Å². The quantitative estimate of drug-likeness (QED) is 0.640. The molecule has 0 atom stereocenters. The fourth-order valence-corrected chi connectivity index (χ4v) is 2.24. The van der Waals surface area contributed by atoms with Gasteiger partial charge in [0, 0.05) is 6.07 Å². The maximum atomic E-state index is 12.8. The molecule has 2 aromatic rings. The van der Waals surface area contributed by atoms with Crippen molar-refractivity contribution in [3.8, 4) is 17.0 Å². The zero-order valence-corrected chi connectivity index (χ0v) is 12.7. The molecule has 112 valence electrons. The van der Waals surface area contributed by atoms with Crippen LogP contribution in [0.15, 0.2) is 24.3 Å². The Balaban J connectivity index is 2.63. The first-order valence-corrected chi connectivity index (χ1v) is 6.64. The normalized spacial score (nSPS) is 11.6. The lowest BCUT2D eigenvalue weighted by atomic mass is 10.1. The lowest BCUT2D eigenvalue weighted by Crippen LogP contribution is -2.09. The van der Waals surface area contributed by atoms with E-state index >= 15 is 0 Å². The summed E-state index contributed by atoms with van der Waals surface area (Å²) in [6.45, 7) is 0. The van der Waals surface area contributed by atoms with E-state index in [1.54, 1.807) is 0 Å². The molecule has 0 amide bonds. The summed E-state index contributed by atoms with van der Waals surface area (Å²) >= 11 is 17.6. The molecule has 0 aliphatic rings. The molecule has 0 bridgehead atoms. The minimum Gasteiger partial charge on any atom is -0.481 e. The van der Waals surface area contributed by atoms with Crippen LogP contribution < -0.4 is 4.74 Å². The van der Waals surface area contributed by atoms with Crippen LogP contribution in [0.5, 0.6) is 5.88 Å². The minimum atomic E-state index is -4.59. The number of rotatable bonds is 2. The molecule has 2 rings (SSSR count). The molecule has 0 aliphatic heterocycles. The predicted molar refractivity (Wildman–Crippen MR) is 76.3 cm³/mol. The van der Waals surface area contributed by atoms with Crippen molar-refractivity contribution < 1.29 is 17.9 Å². The van der Waals surface area contributed by atoms with Crippen molar-refractivity contribution >= 4 is 34.8 Å². The average Bonchev–Trinajstić information content (AvgIpc) is 2.42. The molecule has 0 spiro atoms. The molecule has 0 N–H and O–H groups in total. The smallest absolute Gasteiger partial charge is 0.433 e. The third kappa shape index (κ3) is 3.54. The lowest BCUT2D eigenvalue weighted by molar-refractivity contribution is -0.141. The topological polar surface area (TPSA) is 22.1 Å². The van der Waals surface area contributed by atoms with Crippen LogP contribution >= 0.6 is 34.8 Å². The second kappa shape index (κ2) is 5.91. The number of pyridine rings is 1. The molecule has 0 radical (unpaired) electrons. The number of ether oxygens (including phenoxy) is 1. The summed E-state index contributed by atoms with van der Waals surface area (Å²) in [7, 11) is 1.23. The Morgan fingerprint density at radius 3 is 1.95 bits per heavy atom. The summed E-state index contributed by atoms with van der Waals surface area (Å²) in [5, 5.41) is 0.422. The summed E-state index contributed by atoms with van der Waals surface area (Å²) in [6.07, 6.45) is -4.59. The Bertz CT molecular complexity index is 666. The highest BCUT2D eigenvalue weighted by molar-refractivity contribution is 6.48. The number of aromatic nitrogens is 1. The molecule has 0 fully saturated rings.